The average Bonchev–Trinajstić information content (AvgIpc) is 3.59. The Morgan fingerprint density at radius 2 is 1.82 bits per heavy atom. The molecule has 4 atom stereocenters. The lowest BCUT2D eigenvalue weighted by molar-refractivity contribution is -0.142. The van der Waals surface area contributed by atoms with E-state index in [1.807, 2.05) is 55.5 Å². The average molecular weight is 537 g/mol. The highest BCUT2D eigenvalue weighted by Crippen LogP contribution is 2.56. The van der Waals surface area contributed by atoms with Crippen LogP contribution in [0.15, 0.2) is 48.5 Å². The normalized spacial score (nSPS) is 24.8. The molecular formula is C31H24N2O5S. The van der Waals surface area contributed by atoms with Gasteiger partial charge in [0.05, 0.1) is 30.4 Å². The van der Waals surface area contributed by atoms with E-state index in [4.69, 9.17) is 9.47 Å². The third-order valence-electron chi connectivity index (χ3n) is 8.47. The molecule has 1 fully saturated rings. The van der Waals surface area contributed by atoms with Crippen molar-refractivity contribution in [2.75, 3.05) is 12.0 Å². The number of nitrogens with zero attached hydrogens (tertiary/aromatic N) is 2. The first-order valence-electron chi connectivity index (χ1n) is 13.0. The van der Waals surface area contributed by atoms with Crippen LogP contribution in [-0.4, -0.2) is 24.9 Å². The molecular weight excluding hydrogens is 512 g/mol. The van der Waals surface area contributed by atoms with Crippen LogP contribution in [0.4, 0.5) is 5.00 Å². The molecule has 194 valence electrons. The van der Waals surface area contributed by atoms with Gasteiger partial charge in [-0.05, 0) is 66.6 Å². The maximum absolute atomic E-state index is 14.2. The molecule has 2 aromatic carbocycles. The molecule has 0 unspecified atom stereocenters. The molecule has 0 saturated carbocycles. The lowest BCUT2D eigenvalue weighted by Gasteiger charge is -2.38. The summed E-state index contributed by atoms with van der Waals surface area (Å²) in [5.74, 6) is -3.30. The molecule has 3 heterocycles. The molecule has 1 saturated heterocycles. The molecule has 0 bridgehead atoms. The largest absolute Gasteiger partial charge is 0.497 e. The van der Waals surface area contributed by atoms with Crippen molar-refractivity contribution in [3.05, 3.63) is 81.2 Å². The van der Waals surface area contributed by atoms with Crippen LogP contribution in [-0.2, 0) is 27.2 Å². The van der Waals surface area contributed by atoms with Gasteiger partial charge < -0.3 is 9.47 Å². The Balaban J connectivity index is 1.41. The summed E-state index contributed by atoms with van der Waals surface area (Å²) in [6.07, 6.45) is 4.53. The summed E-state index contributed by atoms with van der Waals surface area (Å²) >= 11 is 1.36. The Hall–Kier alpha value is -4.22. The number of hydrogen-bond donors (Lipinski definition) is 0. The van der Waals surface area contributed by atoms with Crippen LogP contribution < -0.4 is 14.4 Å². The zero-order valence-electron chi connectivity index (χ0n) is 21.4. The third kappa shape index (κ3) is 3.36. The van der Waals surface area contributed by atoms with Gasteiger partial charge in [0, 0.05) is 16.4 Å². The number of allylic oxidation sites excluding steroid dienone is 1. The number of carbonyl (C=O) groups is 3. The van der Waals surface area contributed by atoms with E-state index in [0.29, 0.717) is 27.6 Å². The summed E-state index contributed by atoms with van der Waals surface area (Å²) in [6, 6.07) is 15.4. The van der Waals surface area contributed by atoms with Crippen LogP contribution in [0.5, 0.6) is 11.5 Å². The van der Waals surface area contributed by atoms with Crippen LogP contribution in [0.3, 0.4) is 0 Å². The van der Waals surface area contributed by atoms with Crippen molar-refractivity contribution >= 4 is 39.7 Å². The summed E-state index contributed by atoms with van der Waals surface area (Å²) in [5.41, 5.74) is 4.62. The van der Waals surface area contributed by atoms with E-state index in [2.05, 4.69) is 6.07 Å². The number of amides is 2. The first-order valence-corrected chi connectivity index (χ1v) is 13.8. The van der Waals surface area contributed by atoms with E-state index < -0.39 is 35.5 Å². The Morgan fingerprint density at radius 1 is 1.05 bits per heavy atom. The number of esters is 1. The Bertz CT molecular complexity index is 1660. The van der Waals surface area contributed by atoms with Crippen LogP contribution in [0, 0.1) is 36.0 Å². The molecule has 2 amide bonds. The first kappa shape index (κ1) is 23.9. The highest BCUT2D eigenvalue weighted by molar-refractivity contribution is 7.17. The second kappa shape index (κ2) is 8.65. The predicted molar refractivity (Wildman–Crippen MR) is 145 cm³/mol. The number of carbonyl (C=O) groups excluding carboxylic acids is 3. The molecule has 1 aromatic heterocycles. The highest BCUT2D eigenvalue weighted by Gasteiger charge is 2.61. The molecule has 4 aliphatic rings. The van der Waals surface area contributed by atoms with Crippen molar-refractivity contribution in [3.8, 4) is 17.6 Å². The van der Waals surface area contributed by atoms with E-state index in [1.165, 1.54) is 16.2 Å². The van der Waals surface area contributed by atoms with Gasteiger partial charge in [-0.15, -0.1) is 11.3 Å². The number of rotatable bonds is 3. The smallest absolute Gasteiger partial charge is 0.319 e. The molecule has 7 rings (SSSR count). The fraction of sp³-hybridized carbons (Fsp3) is 0.290. The van der Waals surface area contributed by atoms with E-state index in [9.17, 15) is 19.6 Å². The lowest BCUT2D eigenvalue weighted by Crippen LogP contribution is -2.42. The van der Waals surface area contributed by atoms with E-state index in [-0.39, 0.29) is 5.91 Å². The lowest BCUT2D eigenvalue weighted by atomic mass is 9.64. The van der Waals surface area contributed by atoms with E-state index >= 15 is 0 Å². The quantitative estimate of drug-likeness (QED) is 0.267. The van der Waals surface area contributed by atoms with Gasteiger partial charge in [-0.25, -0.2) is 4.90 Å². The van der Waals surface area contributed by atoms with Crippen molar-refractivity contribution in [2.24, 2.45) is 17.8 Å². The Labute approximate surface area is 229 Å². The Kier molecular flexibility index (Phi) is 5.29. The van der Waals surface area contributed by atoms with E-state index in [1.54, 1.807) is 7.11 Å². The number of ether oxygens (including phenoxy) is 2. The highest BCUT2D eigenvalue weighted by atomic mass is 32.1. The monoisotopic (exact) mass is 536 g/mol. The summed E-state index contributed by atoms with van der Waals surface area (Å²) in [4.78, 5) is 44.2. The second-order valence-corrected chi connectivity index (χ2v) is 11.6. The number of methoxy groups -OCH3 is 1. The van der Waals surface area contributed by atoms with Gasteiger partial charge >= 0.3 is 5.97 Å². The van der Waals surface area contributed by atoms with Crippen molar-refractivity contribution in [3.63, 3.8) is 0 Å². The molecule has 3 aromatic rings. The molecule has 2 aliphatic heterocycles. The summed E-state index contributed by atoms with van der Waals surface area (Å²) in [5, 5.41) is 10.4. The number of imide groups is 1. The molecule has 8 heteroatoms. The van der Waals surface area contributed by atoms with Crippen LogP contribution in [0.2, 0.25) is 0 Å². The number of fused-ring (bicyclic) bond motifs is 6. The molecule has 39 heavy (non-hydrogen) atoms. The van der Waals surface area contributed by atoms with Crippen LogP contribution in [0.1, 0.15) is 45.0 Å². The van der Waals surface area contributed by atoms with Gasteiger partial charge in [-0.2, -0.15) is 5.26 Å². The number of thiophene rings is 1. The SMILES string of the molecule is COc1ccc([C@@H]2C=C3c4ccc(C)cc4OC(=O)[C@@H]3[C@H]3C(=O)N(c4sc5c(c4C#N)CCC5)C(=O)[C@H]32)cc1. The fourth-order valence-corrected chi connectivity index (χ4v) is 8.03. The number of nitriles is 1. The minimum absolute atomic E-state index is 0.375. The van der Waals surface area contributed by atoms with Crippen molar-refractivity contribution in [1.82, 2.24) is 0 Å². The van der Waals surface area contributed by atoms with Crippen LogP contribution in [0.25, 0.3) is 5.57 Å². The summed E-state index contributed by atoms with van der Waals surface area (Å²) < 4.78 is 11.1. The zero-order valence-corrected chi connectivity index (χ0v) is 22.2. The van der Waals surface area contributed by atoms with Gasteiger partial charge in [0.25, 0.3) is 0 Å². The van der Waals surface area contributed by atoms with Gasteiger partial charge in [-0.3, -0.25) is 14.4 Å². The van der Waals surface area contributed by atoms with Crippen LogP contribution >= 0.6 is 11.3 Å². The molecule has 0 spiro atoms. The second-order valence-electron chi connectivity index (χ2n) is 10.5. The summed E-state index contributed by atoms with van der Waals surface area (Å²) in [6.45, 7) is 1.92. The van der Waals surface area contributed by atoms with Crippen molar-refractivity contribution in [1.29, 1.82) is 5.26 Å². The summed E-state index contributed by atoms with van der Waals surface area (Å²) in [7, 11) is 1.59. The molecule has 0 radical (unpaired) electrons. The molecule has 0 N–H and O–H groups in total. The molecule has 2 aliphatic carbocycles. The topological polar surface area (TPSA) is 96.7 Å². The zero-order chi connectivity index (χ0) is 27.0. The first-order chi connectivity index (χ1) is 18.9. The number of hydrogen-bond acceptors (Lipinski definition) is 7. The predicted octanol–water partition coefficient (Wildman–Crippen LogP) is 4.95. The fourth-order valence-electron chi connectivity index (χ4n) is 6.68. The van der Waals surface area contributed by atoms with Crippen molar-refractivity contribution < 1.29 is 23.9 Å². The number of anilines is 1. The minimum atomic E-state index is -0.935. The van der Waals surface area contributed by atoms with Crippen molar-refractivity contribution in [2.45, 2.75) is 32.1 Å². The maximum Gasteiger partial charge on any atom is 0.319 e. The van der Waals surface area contributed by atoms with Gasteiger partial charge in [0.1, 0.15) is 22.6 Å². The number of aryl methyl sites for hydroxylation is 2. The maximum atomic E-state index is 14.2. The van der Waals surface area contributed by atoms with Gasteiger partial charge in [-0.1, -0.05) is 30.3 Å². The third-order valence-corrected chi connectivity index (χ3v) is 9.75. The number of benzene rings is 2. The molecule has 7 nitrogen and oxygen atoms in total. The Morgan fingerprint density at radius 3 is 2.56 bits per heavy atom. The van der Waals surface area contributed by atoms with Gasteiger partial charge in [0.2, 0.25) is 11.8 Å². The standard InChI is InChI=1S/C31H24N2O5S/c1-15-6-11-18-21-13-20(16-7-9-17(37-2)10-8-16)25-27(26(21)31(36)38-23(18)12-15)29(35)33(28(25)34)30-22(14-32)19-4-3-5-24(19)39-30/h6-13,20,25-27H,3-5H2,1-2H3/t20-,25-,26-,27-/m0/s1. The van der Waals surface area contributed by atoms with E-state index in [0.717, 1.165) is 46.4 Å². The van der Waals surface area contributed by atoms with Gasteiger partial charge in [0.15, 0.2) is 0 Å². The minimum Gasteiger partial charge on any atom is -0.497 e.